The fourth-order valence-corrected chi connectivity index (χ4v) is 3.28. The second-order valence-corrected chi connectivity index (χ2v) is 6.27. The number of anilines is 1. The van der Waals surface area contributed by atoms with Crippen molar-refractivity contribution in [1.82, 2.24) is 10.2 Å². The maximum absolute atomic E-state index is 3.54. The summed E-state index contributed by atoms with van der Waals surface area (Å²) in [5.74, 6) is 0. The van der Waals surface area contributed by atoms with Crippen molar-refractivity contribution in [3.05, 3.63) is 29.8 Å². The van der Waals surface area contributed by atoms with Crippen molar-refractivity contribution in [2.75, 3.05) is 31.1 Å². The lowest BCUT2D eigenvalue weighted by molar-refractivity contribution is 0.232. The predicted octanol–water partition coefficient (Wildman–Crippen LogP) is 3.11. The molecule has 1 aliphatic heterocycles. The zero-order valence-corrected chi connectivity index (χ0v) is 14.1. The normalized spacial score (nSPS) is 19.0. The fourth-order valence-electron chi connectivity index (χ4n) is 3.28. The molecule has 1 aromatic rings. The standard InChI is InChI=1S/C18H31N3/c1-5-20(6-2)17-11-12-21(14-17)18-10-8-7-9-16(18)13-19-15(3)4/h7-10,15,17,19H,5-6,11-14H2,1-4H3. The van der Waals surface area contributed by atoms with Crippen LogP contribution < -0.4 is 10.2 Å². The highest BCUT2D eigenvalue weighted by Gasteiger charge is 2.27. The molecule has 0 aliphatic carbocycles. The first kappa shape index (κ1) is 16.3. The number of nitrogens with one attached hydrogen (secondary N) is 1. The van der Waals surface area contributed by atoms with Crippen LogP contribution in [0.2, 0.25) is 0 Å². The Morgan fingerprint density at radius 3 is 2.62 bits per heavy atom. The zero-order valence-electron chi connectivity index (χ0n) is 14.1. The van der Waals surface area contributed by atoms with E-state index in [0.717, 1.165) is 19.6 Å². The van der Waals surface area contributed by atoms with E-state index in [2.05, 4.69) is 67.1 Å². The van der Waals surface area contributed by atoms with Crippen LogP contribution >= 0.6 is 0 Å². The third kappa shape index (κ3) is 4.21. The minimum Gasteiger partial charge on any atom is -0.370 e. The Kier molecular flexibility index (Phi) is 6.07. The molecule has 0 amide bonds. The van der Waals surface area contributed by atoms with Gasteiger partial charge in [-0.25, -0.2) is 0 Å². The van der Waals surface area contributed by atoms with Gasteiger partial charge in [0.15, 0.2) is 0 Å². The van der Waals surface area contributed by atoms with Crippen molar-refractivity contribution < 1.29 is 0 Å². The topological polar surface area (TPSA) is 18.5 Å². The van der Waals surface area contributed by atoms with Crippen LogP contribution in [0.4, 0.5) is 5.69 Å². The minimum atomic E-state index is 0.528. The summed E-state index contributed by atoms with van der Waals surface area (Å²) in [6, 6.07) is 10.1. The van der Waals surface area contributed by atoms with Gasteiger partial charge >= 0.3 is 0 Å². The number of hydrogen-bond acceptors (Lipinski definition) is 3. The molecule has 1 N–H and O–H groups in total. The third-order valence-corrected chi connectivity index (χ3v) is 4.53. The summed E-state index contributed by atoms with van der Waals surface area (Å²) in [5, 5.41) is 3.54. The lowest BCUT2D eigenvalue weighted by atomic mass is 10.1. The average molecular weight is 289 g/mol. The van der Waals surface area contributed by atoms with Gasteiger partial charge in [-0.05, 0) is 31.1 Å². The third-order valence-electron chi connectivity index (χ3n) is 4.53. The Balaban J connectivity index is 2.05. The quantitative estimate of drug-likeness (QED) is 0.832. The van der Waals surface area contributed by atoms with E-state index in [1.54, 1.807) is 0 Å². The highest BCUT2D eigenvalue weighted by atomic mass is 15.3. The van der Waals surface area contributed by atoms with Crippen LogP contribution in [0.15, 0.2) is 24.3 Å². The minimum absolute atomic E-state index is 0.528. The first-order chi connectivity index (χ1) is 10.2. The number of para-hydroxylation sites is 1. The second-order valence-electron chi connectivity index (χ2n) is 6.27. The maximum Gasteiger partial charge on any atom is 0.0412 e. The van der Waals surface area contributed by atoms with Crippen molar-refractivity contribution in [2.45, 2.75) is 52.7 Å². The molecule has 0 radical (unpaired) electrons. The average Bonchev–Trinajstić information content (AvgIpc) is 2.96. The van der Waals surface area contributed by atoms with E-state index in [4.69, 9.17) is 0 Å². The van der Waals surface area contributed by atoms with Crippen LogP contribution in [0.25, 0.3) is 0 Å². The van der Waals surface area contributed by atoms with Crippen LogP contribution in [0.3, 0.4) is 0 Å². The summed E-state index contributed by atoms with van der Waals surface area (Å²) >= 11 is 0. The Morgan fingerprint density at radius 2 is 1.95 bits per heavy atom. The number of nitrogens with zero attached hydrogens (tertiary/aromatic N) is 2. The number of likely N-dealkylation sites (N-methyl/N-ethyl adjacent to an activating group) is 1. The Labute approximate surface area is 130 Å². The van der Waals surface area contributed by atoms with Crippen molar-refractivity contribution in [3.8, 4) is 0 Å². The highest BCUT2D eigenvalue weighted by Crippen LogP contribution is 2.26. The SMILES string of the molecule is CCN(CC)C1CCN(c2ccccc2CNC(C)C)C1. The van der Waals surface area contributed by atoms with Gasteiger partial charge in [0.2, 0.25) is 0 Å². The van der Waals surface area contributed by atoms with E-state index in [-0.39, 0.29) is 0 Å². The van der Waals surface area contributed by atoms with Gasteiger partial charge in [0.1, 0.15) is 0 Å². The fraction of sp³-hybridized carbons (Fsp3) is 0.667. The molecule has 0 bridgehead atoms. The van der Waals surface area contributed by atoms with Gasteiger partial charge in [-0.1, -0.05) is 45.9 Å². The molecule has 1 heterocycles. The van der Waals surface area contributed by atoms with E-state index in [0.29, 0.717) is 12.1 Å². The molecule has 3 heteroatoms. The summed E-state index contributed by atoms with van der Waals surface area (Å²) in [7, 11) is 0. The molecule has 1 aliphatic rings. The summed E-state index contributed by atoms with van der Waals surface area (Å²) in [4.78, 5) is 5.16. The molecular formula is C18H31N3. The Bertz CT molecular complexity index is 426. The monoisotopic (exact) mass is 289 g/mol. The molecule has 3 nitrogen and oxygen atoms in total. The number of benzene rings is 1. The molecule has 0 saturated carbocycles. The van der Waals surface area contributed by atoms with Crippen LogP contribution in [0, 0.1) is 0 Å². The largest absolute Gasteiger partial charge is 0.370 e. The van der Waals surface area contributed by atoms with Gasteiger partial charge in [-0.3, -0.25) is 4.90 Å². The van der Waals surface area contributed by atoms with E-state index < -0.39 is 0 Å². The van der Waals surface area contributed by atoms with Crippen LogP contribution in [0.1, 0.15) is 39.7 Å². The van der Waals surface area contributed by atoms with Crippen molar-refractivity contribution in [3.63, 3.8) is 0 Å². The molecule has 2 rings (SSSR count). The van der Waals surface area contributed by atoms with Crippen LogP contribution in [0.5, 0.6) is 0 Å². The summed E-state index contributed by atoms with van der Waals surface area (Å²) < 4.78 is 0. The van der Waals surface area contributed by atoms with Gasteiger partial charge in [-0.15, -0.1) is 0 Å². The van der Waals surface area contributed by atoms with Gasteiger partial charge in [-0.2, -0.15) is 0 Å². The lowest BCUT2D eigenvalue weighted by Crippen LogP contribution is -2.37. The van der Waals surface area contributed by atoms with Crippen molar-refractivity contribution in [2.24, 2.45) is 0 Å². The van der Waals surface area contributed by atoms with Gasteiger partial charge in [0, 0.05) is 37.4 Å². The molecule has 118 valence electrons. The van der Waals surface area contributed by atoms with E-state index in [1.807, 2.05) is 0 Å². The molecule has 1 atom stereocenters. The van der Waals surface area contributed by atoms with E-state index in [9.17, 15) is 0 Å². The molecular weight excluding hydrogens is 258 g/mol. The molecule has 1 aromatic carbocycles. The Morgan fingerprint density at radius 1 is 1.24 bits per heavy atom. The first-order valence-corrected chi connectivity index (χ1v) is 8.46. The molecule has 1 saturated heterocycles. The smallest absolute Gasteiger partial charge is 0.0412 e. The summed E-state index contributed by atoms with van der Waals surface area (Å²) in [5.41, 5.74) is 2.84. The molecule has 0 spiro atoms. The van der Waals surface area contributed by atoms with E-state index in [1.165, 1.54) is 30.8 Å². The second kappa shape index (κ2) is 7.81. The first-order valence-electron chi connectivity index (χ1n) is 8.46. The lowest BCUT2D eigenvalue weighted by Gasteiger charge is -2.27. The van der Waals surface area contributed by atoms with Gasteiger partial charge < -0.3 is 10.2 Å². The molecule has 21 heavy (non-hydrogen) atoms. The molecule has 0 aromatic heterocycles. The van der Waals surface area contributed by atoms with Gasteiger partial charge in [0.25, 0.3) is 0 Å². The Hall–Kier alpha value is -1.06. The van der Waals surface area contributed by atoms with Crippen molar-refractivity contribution >= 4 is 5.69 Å². The van der Waals surface area contributed by atoms with Crippen molar-refractivity contribution in [1.29, 1.82) is 0 Å². The number of rotatable bonds is 7. The molecule has 1 unspecified atom stereocenters. The van der Waals surface area contributed by atoms with Crippen LogP contribution in [-0.2, 0) is 6.54 Å². The van der Waals surface area contributed by atoms with E-state index >= 15 is 0 Å². The van der Waals surface area contributed by atoms with Gasteiger partial charge in [0.05, 0.1) is 0 Å². The zero-order chi connectivity index (χ0) is 15.2. The summed E-state index contributed by atoms with van der Waals surface area (Å²) in [6.07, 6.45) is 1.29. The maximum atomic E-state index is 3.54. The predicted molar refractivity (Wildman–Crippen MR) is 92.0 cm³/mol. The highest BCUT2D eigenvalue weighted by molar-refractivity contribution is 5.54. The number of hydrogen-bond donors (Lipinski definition) is 1. The molecule has 1 fully saturated rings. The van der Waals surface area contributed by atoms with Crippen LogP contribution in [-0.4, -0.2) is 43.2 Å². The summed E-state index contributed by atoms with van der Waals surface area (Å²) in [6.45, 7) is 14.6.